The molecule has 1 fully saturated rings. The fourth-order valence-corrected chi connectivity index (χ4v) is 4.21. The number of hydrazone groups is 1. The monoisotopic (exact) mass is 451 g/mol. The largest absolute Gasteiger partial charge is 0.412 e. The van der Waals surface area contributed by atoms with Gasteiger partial charge in [0.05, 0.1) is 17.0 Å². The van der Waals surface area contributed by atoms with Gasteiger partial charge in [0.2, 0.25) is 11.0 Å². The summed E-state index contributed by atoms with van der Waals surface area (Å²) >= 11 is 1.36. The molecule has 4 rings (SSSR count). The zero-order valence-electron chi connectivity index (χ0n) is 17.1. The van der Waals surface area contributed by atoms with Crippen molar-refractivity contribution in [3.63, 3.8) is 0 Å². The highest BCUT2D eigenvalue weighted by molar-refractivity contribution is 7.14. The van der Waals surface area contributed by atoms with Crippen molar-refractivity contribution < 1.29 is 14.5 Å². The van der Waals surface area contributed by atoms with E-state index in [9.17, 15) is 14.9 Å². The van der Waals surface area contributed by atoms with Crippen LogP contribution in [0.25, 0.3) is 11.3 Å². The SMILES string of the molecule is O=COC(Cc1ccccc1[N+](=O)[O-])=NNc1nc(-c2ccc(N3CCCC3)cc2)cs1. The molecule has 32 heavy (non-hydrogen) atoms. The minimum Gasteiger partial charge on any atom is -0.412 e. The summed E-state index contributed by atoms with van der Waals surface area (Å²) in [4.78, 5) is 28.5. The first-order chi connectivity index (χ1) is 15.6. The number of rotatable bonds is 8. The minimum atomic E-state index is -0.483. The number of ether oxygens (including phenoxy) is 1. The third kappa shape index (κ3) is 5.09. The van der Waals surface area contributed by atoms with Crippen LogP contribution in [-0.4, -0.2) is 35.4 Å². The van der Waals surface area contributed by atoms with Crippen molar-refractivity contribution in [3.05, 3.63) is 69.6 Å². The van der Waals surface area contributed by atoms with Crippen molar-refractivity contribution in [1.29, 1.82) is 0 Å². The standard InChI is InChI=1S/C22H21N5O4S/c28-15-31-21(13-17-5-1-2-6-20(17)27(29)30)24-25-22-23-19(14-32-22)16-7-9-18(10-8-16)26-11-3-4-12-26/h1-2,5-10,14-15H,3-4,11-13H2,(H,23,25). The molecule has 1 aromatic heterocycles. The van der Waals surface area contributed by atoms with Crippen molar-refractivity contribution in [3.8, 4) is 11.3 Å². The van der Waals surface area contributed by atoms with Gasteiger partial charge in [-0.25, -0.2) is 10.4 Å². The molecule has 1 aliphatic heterocycles. The molecule has 3 aromatic rings. The lowest BCUT2D eigenvalue weighted by Crippen LogP contribution is -2.17. The molecular weight excluding hydrogens is 430 g/mol. The van der Waals surface area contributed by atoms with Gasteiger partial charge in [-0.05, 0) is 25.0 Å². The van der Waals surface area contributed by atoms with Crippen LogP contribution in [0.2, 0.25) is 0 Å². The Hall–Kier alpha value is -3.79. The van der Waals surface area contributed by atoms with Crippen LogP contribution in [-0.2, 0) is 16.0 Å². The quantitative estimate of drug-likeness (QED) is 0.177. The second-order valence-electron chi connectivity index (χ2n) is 7.17. The van der Waals surface area contributed by atoms with E-state index in [4.69, 9.17) is 4.74 Å². The summed E-state index contributed by atoms with van der Waals surface area (Å²) < 4.78 is 4.91. The molecule has 0 spiro atoms. The van der Waals surface area contributed by atoms with E-state index in [1.54, 1.807) is 18.2 Å². The van der Waals surface area contributed by atoms with Crippen molar-refractivity contribution in [2.24, 2.45) is 5.10 Å². The number of nitrogens with one attached hydrogen (secondary N) is 1. The van der Waals surface area contributed by atoms with Gasteiger partial charge >= 0.3 is 0 Å². The molecule has 0 saturated carbocycles. The van der Waals surface area contributed by atoms with Gasteiger partial charge < -0.3 is 9.64 Å². The molecule has 164 valence electrons. The van der Waals surface area contributed by atoms with E-state index in [2.05, 4.69) is 32.5 Å². The highest BCUT2D eigenvalue weighted by Crippen LogP contribution is 2.28. The van der Waals surface area contributed by atoms with Crippen LogP contribution in [0.5, 0.6) is 0 Å². The normalized spacial score (nSPS) is 13.8. The summed E-state index contributed by atoms with van der Waals surface area (Å²) in [6.45, 7) is 2.43. The maximum Gasteiger partial charge on any atom is 0.299 e. The Morgan fingerprint density at radius 3 is 2.69 bits per heavy atom. The molecule has 1 N–H and O–H groups in total. The lowest BCUT2D eigenvalue weighted by Gasteiger charge is -2.17. The molecule has 0 aliphatic carbocycles. The molecule has 10 heteroatoms. The lowest BCUT2D eigenvalue weighted by molar-refractivity contribution is -0.385. The predicted molar refractivity (Wildman–Crippen MR) is 124 cm³/mol. The van der Waals surface area contributed by atoms with E-state index in [-0.39, 0.29) is 24.5 Å². The van der Waals surface area contributed by atoms with Gasteiger partial charge in [-0.15, -0.1) is 16.4 Å². The number of nitro groups is 1. The summed E-state index contributed by atoms with van der Waals surface area (Å²) in [5, 5.41) is 17.7. The van der Waals surface area contributed by atoms with Gasteiger partial charge in [-0.1, -0.05) is 30.3 Å². The average molecular weight is 452 g/mol. The zero-order valence-corrected chi connectivity index (χ0v) is 18.0. The fourth-order valence-electron chi connectivity index (χ4n) is 3.55. The molecule has 9 nitrogen and oxygen atoms in total. The number of hydrogen-bond acceptors (Lipinski definition) is 9. The number of nitrogens with zero attached hydrogens (tertiary/aromatic N) is 4. The van der Waals surface area contributed by atoms with Crippen LogP contribution in [0.3, 0.4) is 0 Å². The fraction of sp³-hybridized carbons (Fsp3) is 0.227. The number of nitro benzene ring substituents is 1. The molecule has 2 heterocycles. The number of thiazole rings is 1. The van der Waals surface area contributed by atoms with Gasteiger partial charge in [0.25, 0.3) is 12.2 Å². The van der Waals surface area contributed by atoms with Crippen LogP contribution in [0, 0.1) is 10.1 Å². The molecule has 1 saturated heterocycles. The van der Waals surface area contributed by atoms with Crippen LogP contribution in [0.15, 0.2) is 59.0 Å². The average Bonchev–Trinajstić information content (AvgIpc) is 3.50. The number of aromatic nitrogens is 1. The van der Waals surface area contributed by atoms with Crippen molar-refractivity contribution in [1.82, 2.24) is 4.98 Å². The van der Waals surface area contributed by atoms with E-state index < -0.39 is 4.92 Å². The van der Waals surface area contributed by atoms with Crippen LogP contribution in [0.4, 0.5) is 16.5 Å². The predicted octanol–water partition coefficient (Wildman–Crippen LogP) is 4.46. The lowest BCUT2D eigenvalue weighted by atomic mass is 10.1. The van der Waals surface area contributed by atoms with Gasteiger partial charge in [0.15, 0.2) is 0 Å². The molecule has 0 radical (unpaired) electrons. The Labute approximate surface area is 188 Å². The molecule has 0 unspecified atom stereocenters. The third-order valence-electron chi connectivity index (χ3n) is 5.13. The first-order valence-electron chi connectivity index (χ1n) is 10.1. The number of carbonyl (C=O) groups excluding carboxylic acids is 1. The number of carbonyl (C=O) groups is 1. The van der Waals surface area contributed by atoms with E-state index in [1.165, 1.54) is 35.9 Å². The molecule has 2 aromatic carbocycles. The molecule has 0 atom stereocenters. The van der Waals surface area contributed by atoms with Crippen molar-refractivity contribution >= 4 is 40.2 Å². The zero-order chi connectivity index (χ0) is 22.3. The Morgan fingerprint density at radius 1 is 1.22 bits per heavy atom. The first-order valence-corrected chi connectivity index (χ1v) is 11.0. The van der Waals surface area contributed by atoms with E-state index >= 15 is 0 Å². The summed E-state index contributed by atoms with van der Waals surface area (Å²) in [6.07, 6.45) is 2.45. The number of benzene rings is 2. The van der Waals surface area contributed by atoms with Crippen molar-refractivity contribution in [2.75, 3.05) is 23.4 Å². The minimum absolute atomic E-state index is 0.000941. The summed E-state index contributed by atoms with van der Waals surface area (Å²) in [5.41, 5.74) is 6.11. The van der Waals surface area contributed by atoms with E-state index in [0.717, 1.165) is 24.3 Å². The maximum absolute atomic E-state index is 11.2. The van der Waals surface area contributed by atoms with Gasteiger partial charge in [-0.3, -0.25) is 14.9 Å². The second kappa shape index (κ2) is 10.0. The van der Waals surface area contributed by atoms with Gasteiger partial charge in [-0.2, -0.15) is 0 Å². The Balaban J connectivity index is 1.45. The first kappa shape index (κ1) is 21.4. The van der Waals surface area contributed by atoms with Gasteiger partial charge in [0.1, 0.15) is 0 Å². The van der Waals surface area contributed by atoms with Gasteiger partial charge in [0, 0.05) is 41.4 Å². The molecule has 1 aliphatic rings. The number of anilines is 2. The second-order valence-corrected chi connectivity index (χ2v) is 8.03. The van der Waals surface area contributed by atoms with Crippen LogP contribution >= 0.6 is 11.3 Å². The molecule has 0 bridgehead atoms. The molecular formula is C22H21N5O4S. The smallest absolute Gasteiger partial charge is 0.299 e. The van der Waals surface area contributed by atoms with E-state index in [1.807, 2.05) is 17.5 Å². The summed E-state index contributed by atoms with van der Waals surface area (Å²) in [6, 6.07) is 14.5. The summed E-state index contributed by atoms with van der Waals surface area (Å²) in [7, 11) is 0. The maximum atomic E-state index is 11.2. The molecule has 0 amide bonds. The Morgan fingerprint density at radius 2 is 1.97 bits per heavy atom. The highest BCUT2D eigenvalue weighted by Gasteiger charge is 2.16. The number of para-hydroxylation sites is 1. The van der Waals surface area contributed by atoms with Crippen LogP contribution in [0.1, 0.15) is 18.4 Å². The van der Waals surface area contributed by atoms with E-state index in [0.29, 0.717) is 10.7 Å². The number of hydrogen-bond donors (Lipinski definition) is 1. The Bertz CT molecular complexity index is 1120. The van der Waals surface area contributed by atoms with Crippen molar-refractivity contribution in [2.45, 2.75) is 19.3 Å². The third-order valence-corrected chi connectivity index (χ3v) is 5.88. The summed E-state index contributed by atoms with van der Waals surface area (Å²) in [5.74, 6) is 0.000941. The Kier molecular flexibility index (Phi) is 6.71. The highest BCUT2D eigenvalue weighted by atomic mass is 32.1. The topological polar surface area (TPSA) is 110 Å². The van der Waals surface area contributed by atoms with Crippen LogP contribution < -0.4 is 10.3 Å².